The number of hydrogen-bond donors (Lipinski definition) is 1. The average Bonchev–Trinajstić information content (AvgIpc) is 2.45. The molecule has 1 heterocycles. The molecule has 5 heteroatoms. The first-order valence-electron chi connectivity index (χ1n) is 6.43. The number of nitrogens with one attached hydrogen (secondary N) is 1. The van der Waals surface area contributed by atoms with Crippen LogP contribution in [-0.2, 0) is 11.2 Å². The Kier molecular flexibility index (Phi) is 4.63. The zero-order valence-electron chi connectivity index (χ0n) is 11.4. The van der Waals surface area contributed by atoms with E-state index in [0.29, 0.717) is 6.54 Å². The van der Waals surface area contributed by atoms with Crippen molar-refractivity contribution < 1.29 is 14.3 Å². The number of carbonyl (C=O) groups excluding carboxylic acids is 1. The van der Waals surface area contributed by atoms with E-state index in [4.69, 9.17) is 9.47 Å². The summed E-state index contributed by atoms with van der Waals surface area (Å²) < 4.78 is 10.5. The molecule has 0 spiro atoms. The van der Waals surface area contributed by atoms with Crippen molar-refractivity contribution in [2.75, 3.05) is 40.4 Å². The maximum Gasteiger partial charge on any atom is 0.234 e. The third-order valence-corrected chi connectivity index (χ3v) is 3.28. The lowest BCUT2D eigenvalue weighted by atomic mass is 10.1. The van der Waals surface area contributed by atoms with Crippen LogP contribution in [-0.4, -0.2) is 51.2 Å². The van der Waals surface area contributed by atoms with Gasteiger partial charge in [0.25, 0.3) is 0 Å². The summed E-state index contributed by atoms with van der Waals surface area (Å²) in [5.41, 5.74) is 1.18. The second-order valence-corrected chi connectivity index (χ2v) is 4.57. The van der Waals surface area contributed by atoms with Crippen molar-refractivity contribution in [3.63, 3.8) is 0 Å². The van der Waals surface area contributed by atoms with Gasteiger partial charge in [0.1, 0.15) is 0 Å². The molecule has 0 aromatic heterocycles. The molecule has 0 bridgehead atoms. The summed E-state index contributed by atoms with van der Waals surface area (Å²) in [6.07, 6.45) is 0.896. The van der Waals surface area contributed by atoms with Gasteiger partial charge in [-0.1, -0.05) is 6.07 Å². The summed E-state index contributed by atoms with van der Waals surface area (Å²) >= 11 is 0. The van der Waals surface area contributed by atoms with Crippen LogP contribution in [0, 0.1) is 0 Å². The molecule has 1 N–H and O–H groups in total. The van der Waals surface area contributed by atoms with Gasteiger partial charge >= 0.3 is 0 Å². The molecule has 0 unspecified atom stereocenters. The molecule has 104 valence electrons. The van der Waals surface area contributed by atoms with Gasteiger partial charge in [-0.15, -0.1) is 0 Å². The highest BCUT2D eigenvalue weighted by atomic mass is 16.5. The van der Waals surface area contributed by atoms with Crippen LogP contribution >= 0.6 is 0 Å². The molecule has 1 aliphatic rings. The summed E-state index contributed by atoms with van der Waals surface area (Å²) in [5.74, 6) is 1.60. The molecule has 1 aliphatic heterocycles. The summed E-state index contributed by atoms with van der Waals surface area (Å²) in [5, 5.41) is 2.83. The number of ether oxygens (including phenoxy) is 2. The molecule has 1 aromatic carbocycles. The minimum atomic E-state index is 0.110. The predicted octanol–water partition coefficient (Wildman–Crippen LogP) is 0.678. The minimum Gasteiger partial charge on any atom is -0.493 e. The highest BCUT2D eigenvalue weighted by Gasteiger charge is 2.15. The van der Waals surface area contributed by atoms with E-state index < -0.39 is 0 Å². The van der Waals surface area contributed by atoms with Crippen LogP contribution < -0.4 is 14.8 Å². The number of methoxy groups -OCH3 is 2. The van der Waals surface area contributed by atoms with Crippen LogP contribution in [0.25, 0.3) is 0 Å². The lowest BCUT2D eigenvalue weighted by Crippen LogP contribution is -2.48. The summed E-state index contributed by atoms with van der Waals surface area (Å²) in [6.45, 7) is 3.03. The number of nitrogens with zero attached hydrogens (tertiary/aromatic N) is 1. The van der Waals surface area contributed by atoms with E-state index in [1.54, 1.807) is 14.2 Å². The minimum absolute atomic E-state index is 0.110. The van der Waals surface area contributed by atoms with Crippen molar-refractivity contribution in [3.05, 3.63) is 23.8 Å². The van der Waals surface area contributed by atoms with Crippen LogP contribution in [0.15, 0.2) is 18.2 Å². The molecule has 19 heavy (non-hydrogen) atoms. The average molecular weight is 264 g/mol. The molecular weight excluding hydrogens is 244 g/mol. The van der Waals surface area contributed by atoms with Crippen molar-refractivity contribution in [2.24, 2.45) is 0 Å². The largest absolute Gasteiger partial charge is 0.493 e. The van der Waals surface area contributed by atoms with Crippen LogP contribution in [0.5, 0.6) is 11.5 Å². The fourth-order valence-corrected chi connectivity index (χ4v) is 2.21. The van der Waals surface area contributed by atoms with Gasteiger partial charge in [0.2, 0.25) is 5.91 Å². The van der Waals surface area contributed by atoms with Gasteiger partial charge in [-0.25, -0.2) is 0 Å². The summed E-state index contributed by atoms with van der Waals surface area (Å²) in [4.78, 5) is 13.4. The number of piperazine rings is 1. The lowest BCUT2D eigenvalue weighted by molar-refractivity contribution is -0.124. The van der Waals surface area contributed by atoms with E-state index in [1.165, 1.54) is 5.56 Å². The van der Waals surface area contributed by atoms with Crippen molar-refractivity contribution in [1.82, 2.24) is 10.2 Å². The number of benzene rings is 1. The standard InChI is InChI=1S/C14H20N2O3/c1-18-12-4-3-11(9-13(12)19-2)5-7-16-8-6-15-14(17)10-16/h3-4,9H,5-8,10H2,1-2H3,(H,15,17). The van der Waals surface area contributed by atoms with Crippen molar-refractivity contribution in [2.45, 2.75) is 6.42 Å². The molecule has 0 aliphatic carbocycles. The highest BCUT2D eigenvalue weighted by molar-refractivity contribution is 5.78. The molecule has 2 rings (SSSR count). The van der Waals surface area contributed by atoms with Crippen LogP contribution in [0.4, 0.5) is 0 Å². The first-order valence-corrected chi connectivity index (χ1v) is 6.43. The van der Waals surface area contributed by atoms with E-state index in [2.05, 4.69) is 10.2 Å². The molecular formula is C14H20N2O3. The Hall–Kier alpha value is -1.75. The highest BCUT2D eigenvalue weighted by Crippen LogP contribution is 2.27. The van der Waals surface area contributed by atoms with Gasteiger partial charge in [-0.2, -0.15) is 0 Å². The van der Waals surface area contributed by atoms with Gasteiger partial charge in [-0.3, -0.25) is 9.69 Å². The Morgan fingerprint density at radius 2 is 2.05 bits per heavy atom. The number of rotatable bonds is 5. The van der Waals surface area contributed by atoms with Crippen LogP contribution in [0.2, 0.25) is 0 Å². The number of carbonyl (C=O) groups is 1. The van der Waals surface area contributed by atoms with Crippen molar-refractivity contribution in [1.29, 1.82) is 0 Å². The molecule has 1 fully saturated rings. The normalized spacial score (nSPS) is 16.0. The third kappa shape index (κ3) is 3.61. The topological polar surface area (TPSA) is 50.8 Å². The Balaban J connectivity index is 1.93. The smallest absolute Gasteiger partial charge is 0.234 e. The Morgan fingerprint density at radius 3 is 2.74 bits per heavy atom. The first-order chi connectivity index (χ1) is 9.22. The molecule has 1 amide bonds. The maximum atomic E-state index is 11.3. The lowest BCUT2D eigenvalue weighted by Gasteiger charge is -2.26. The van der Waals surface area contributed by atoms with Crippen molar-refractivity contribution >= 4 is 5.91 Å². The van der Waals surface area contributed by atoms with Gasteiger partial charge in [0.15, 0.2) is 11.5 Å². The Morgan fingerprint density at radius 1 is 1.26 bits per heavy atom. The Bertz CT molecular complexity index is 448. The van der Waals surface area contributed by atoms with Gasteiger partial charge < -0.3 is 14.8 Å². The molecule has 5 nitrogen and oxygen atoms in total. The van der Waals surface area contributed by atoms with Crippen LogP contribution in [0.3, 0.4) is 0 Å². The second-order valence-electron chi connectivity index (χ2n) is 4.57. The molecule has 0 atom stereocenters. The third-order valence-electron chi connectivity index (χ3n) is 3.28. The zero-order chi connectivity index (χ0) is 13.7. The fourth-order valence-electron chi connectivity index (χ4n) is 2.21. The maximum absolute atomic E-state index is 11.3. The van der Waals surface area contributed by atoms with Crippen molar-refractivity contribution in [3.8, 4) is 11.5 Å². The number of hydrogen-bond acceptors (Lipinski definition) is 4. The summed E-state index contributed by atoms with van der Waals surface area (Å²) in [7, 11) is 3.26. The molecule has 0 radical (unpaired) electrons. The van der Waals surface area contributed by atoms with E-state index in [-0.39, 0.29) is 5.91 Å². The van der Waals surface area contributed by atoms with E-state index >= 15 is 0 Å². The van der Waals surface area contributed by atoms with Gasteiger partial charge in [0, 0.05) is 19.6 Å². The van der Waals surface area contributed by atoms with E-state index in [1.807, 2.05) is 18.2 Å². The quantitative estimate of drug-likeness (QED) is 0.849. The number of amides is 1. The van der Waals surface area contributed by atoms with E-state index in [0.717, 1.165) is 37.6 Å². The second kappa shape index (κ2) is 6.43. The Labute approximate surface area is 113 Å². The zero-order valence-corrected chi connectivity index (χ0v) is 11.4. The predicted molar refractivity (Wildman–Crippen MR) is 72.7 cm³/mol. The first kappa shape index (κ1) is 13.7. The molecule has 0 saturated carbocycles. The van der Waals surface area contributed by atoms with Gasteiger partial charge in [-0.05, 0) is 24.1 Å². The monoisotopic (exact) mass is 264 g/mol. The SMILES string of the molecule is COc1ccc(CCN2CCNC(=O)C2)cc1OC. The fraction of sp³-hybridized carbons (Fsp3) is 0.500. The van der Waals surface area contributed by atoms with Crippen LogP contribution in [0.1, 0.15) is 5.56 Å². The molecule has 1 saturated heterocycles. The summed E-state index contributed by atoms with van der Waals surface area (Å²) in [6, 6.07) is 5.94. The van der Waals surface area contributed by atoms with Gasteiger partial charge in [0.05, 0.1) is 20.8 Å². The van der Waals surface area contributed by atoms with E-state index in [9.17, 15) is 4.79 Å². The molecule has 1 aromatic rings.